The molecule has 1 aliphatic rings. The Kier molecular flexibility index (Phi) is 2.30. The Morgan fingerprint density at radius 2 is 2.00 bits per heavy atom. The van der Waals surface area contributed by atoms with Crippen molar-refractivity contribution in [3.63, 3.8) is 0 Å². The van der Waals surface area contributed by atoms with Crippen LogP contribution in [0.4, 0.5) is 15.8 Å². The van der Waals surface area contributed by atoms with Gasteiger partial charge in [-0.2, -0.15) is 0 Å². The number of nitrogen functional groups attached to an aromatic ring is 1. The standard InChI is InChI=1S/C9H9FN2O4/c10-4-1-3-6(2-5(4)11)12(16)9(15)8(14)7(3)13/h1-2,8-9,14-16H,11H2. The molecule has 0 saturated heterocycles. The maximum atomic E-state index is 13.1. The number of nitrogens with two attached hydrogens (primary N) is 1. The molecule has 2 rings (SSSR count). The predicted molar refractivity (Wildman–Crippen MR) is 51.4 cm³/mol. The quantitative estimate of drug-likeness (QED) is 0.445. The summed E-state index contributed by atoms with van der Waals surface area (Å²) in [5, 5.41) is 28.3. The molecule has 0 saturated carbocycles. The number of aliphatic hydroxyl groups is 2. The van der Waals surface area contributed by atoms with Gasteiger partial charge in [0, 0.05) is 5.56 Å². The molecule has 0 aromatic heterocycles. The number of anilines is 2. The van der Waals surface area contributed by atoms with Crippen LogP contribution in [0.1, 0.15) is 10.4 Å². The van der Waals surface area contributed by atoms with Gasteiger partial charge < -0.3 is 15.9 Å². The van der Waals surface area contributed by atoms with Crippen molar-refractivity contribution in [3.05, 3.63) is 23.5 Å². The number of nitrogens with zero attached hydrogens (tertiary/aromatic N) is 1. The van der Waals surface area contributed by atoms with E-state index >= 15 is 0 Å². The highest BCUT2D eigenvalue weighted by Crippen LogP contribution is 2.31. The number of hydroxylamine groups is 1. The molecule has 1 aliphatic heterocycles. The largest absolute Gasteiger partial charge is 0.396 e. The van der Waals surface area contributed by atoms with Crippen molar-refractivity contribution in [1.29, 1.82) is 0 Å². The summed E-state index contributed by atoms with van der Waals surface area (Å²) in [5.41, 5.74) is 4.63. The van der Waals surface area contributed by atoms with Crippen LogP contribution in [-0.2, 0) is 0 Å². The second kappa shape index (κ2) is 3.41. The second-order valence-corrected chi connectivity index (χ2v) is 3.46. The molecule has 0 radical (unpaired) electrons. The van der Waals surface area contributed by atoms with Crippen molar-refractivity contribution in [2.24, 2.45) is 0 Å². The van der Waals surface area contributed by atoms with Gasteiger partial charge in [-0.3, -0.25) is 10.0 Å². The molecular weight excluding hydrogens is 219 g/mol. The third-order valence-corrected chi connectivity index (χ3v) is 2.43. The summed E-state index contributed by atoms with van der Waals surface area (Å²) < 4.78 is 13.1. The predicted octanol–water partition coefficient (Wildman–Crippen LogP) is -0.521. The lowest BCUT2D eigenvalue weighted by molar-refractivity contribution is -0.0244. The van der Waals surface area contributed by atoms with Gasteiger partial charge in [-0.15, -0.1) is 0 Å². The van der Waals surface area contributed by atoms with E-state index in [4.69, 9.17) is 5.73 Å². The molecule has 1 aromatic carbocycles. The van der Waals surface area contributed by atoms with Crippen LogP contribution in [0.2, 0.25) is 0 Å². The van der Waals surface area contributed by atoms with Crippen LogP contribution in [0.5, 0.6) is 0 Å². The Morgan fingerprint density at radius 3 is 2.62 bits per heavy atom. The first-order valence-corrected chi connectivity index (χ1v) is 4.41. The molecule has 1 aromatic rings. The average molecular weight is 228 g/mol. The van der Waals surface area contributed by atoms with Crippen molar-refractivity contribution in [1.82, 2.24) is 0 Å². The number of hydrogen-bond acceptors (Lipinski definition) is 6. The summed E-state index contributed by atoms with van der Waals surface area (Å²) in [6.07, 6.45) is -3.61. The molecule has 2 unspecified atom stereocenters. The zero-order valence-electron chi connectivity index (χ0n) is 7.96. The SMILES string of the molecule is Nc1cc2c(cc1F)C(=O)C(O)C(O)N2O. The van der Waals surface area contributed by atoms with Crippen molar-refractivity contribution < 1.29 is 24.6 Å². The number of carbonyl (C=O) groups is 1. The molecule has 1 heterocycles. The van der Waals surface area contributed by atoms with E-state index in [9.17, 15) is 24.6 Å². The summed E-state index contributed by atoms with van der Waals surface area (Å²) in [7, 11) is 0. The van der Waals surface area contributed by atoms with Crippen LogP contribution in [-0.4, -0.2) is 33.5 Å². The van der Waals surface area contributed by atoms with Gasteiger partial charge in [0.25, 0.3) is 0 Å². The third kappa shape index (κ3) is 1.33. The topological polar surface area (TPSA) is 107 Å². The molecule has 2 atom stereocenters. The highest BCUT2D eigenvalue weighted by atomic mass is 19.1. The summed E-state index contributed by atoms with van der Waals surface area (Å²) in [6.45, 7) is 0. The summed E-state index contributed by atoms with van der Waals surface area (Å²) in [6, 6.07) is 1.82. The summed E-state index contributed by atoms with van der Waals surface area (Å²) in [5.74, 6) is -1.70. The Hall–Kier alpha value is -1.70. The lowest BCUT2D eigenvalue weighted by Gasteiger charge is -2.32. The lowest BCUT2D eigenvalue weighted by atomic mass is 9.97. The molecule has 5 N–H and O–H groups in total. The van der Waals surface area contributed by atoms with E-state index in [1.54, 1.807) is 0 Å². The molecule has 16 heavy (non-hydrogen) atoms. The van der Waals surface area contributed by atoms with Crippen molar-refractivity contribution >= 4 is 17.2 Å². The fraction of sp³-hybridized carbons (Fsp3) is 0.222. The molecule has 0 bridgehead atoms. The Morgan fingerprint density at radius 1 is 1.38 bits per heavy atom. The van der Waals surface area contributed by atoms with E-state index in [1.165, 1.54) is 0 Å². The van der Waals surface area contributed by atoms with Crippen LogP contribution in [0.3, 0.4) is 0 Å². The molecule has 86 valence electrons. The van der Waals surface area contributed by atoms with E-state index in [1.807, 2.05) is 0 Å². The number of carbonyl (C=O) groups excluding carboxylic acids is 1. The molecule has 0 aliphatic carbocycles. The zero-order valence-corrected chi connectivity index (χ0v) is 7.96. The first kappa shape index (κ1) is 10.8. The Bertz CT molecular complexity index is 465. The van der Waals surface area contributed by atoms with E-state index in [0.717, 1.165) is 12.1 Å². The van der Waals surface area contributed by atoms with Gasteiger partial charge in [0.15, 0.2) is 18.1 Å². The van der Waals surface area contributed by atoms with Crippen molar-refractivity contribution in [3.8, 4) is 0 Å². The maximum Gasteiger partial charge on any atom is 0.198 e. The lowest BCUT2D eigenvalue weighted by Crippen LogP contribution is -2.50. The van der Waals surface area contributed by atoms with Crippen molar-refractivity contribution in [2.45, 2.75) is 12.3 Å². The van der Waals surface area contributed by atoms with Gasteiger partial charge in [-0.05, 0) is 12.1 Å². The number of halogens is 1. The minimum Gasteiger partial charge on any atom is -0.396 e. The van der Waals surface area contributed by atoms with Crippen LogP contribution in [0.25, 0.3) is 0 Å². The average Bonchev–Trinajstić information content (AvgIpc) is 2.26. The highest BCUT2D eigenvalue weighted by Gasteiger charge is 2.38. The van der Waals surface area contributed by atoms with Gasteiger partial charge in [0.05, 0.1) is 11.4 Å². The zero-order chi connectivity index (χ0) is 12.0. The minimum absolute atomic E-state index is 0.137. The number of benzene rings is 1. The first-order chi connectivity index (χ1) is 7.43. The third-order valence-electron chi connectivity index (χ3n) is 2.43. The molecule has 7 heteroatoms. The van der Waals surface area contributed by atoms with Gasteiger partial charge >= 0.3 is 0 Å². The molecule has 0 spiro atoms. The summed E-state index contributed by atoms with van der Waals surface area (Å²) >= 11 is 0. The van der Waals surface area contributed by atoms with Crippen molar-refractivity contribution in [2.75, 3.05) is 10.8 Å². The monoisotopic (exact) mass is 228 g/mol. The van der Waals surface area contributed by atoms with E-state index in [-0.39, 0.29) is 22.0 Å². The minimum atomic E-state index is -1.82. The van der Waals surface area contributed by atoms with Gasteiger partial charge in [-0.1, -0.05) is 0 Å². The number of aliphatic hydroxyl groups excluding tert-OH is 2. The normalized spacial score (nSPS) is 24.5. The van der Waals surface area contributed by atoms with E-state index < -0.39 is 23.9 Å². The van der Waals surface area contributed by atoms with Crippen LogP contribution < -0.4 is 10.8 Å². The maximum absolute atomic E-state index is 13.1. The molecule has 0 fully saturated rings. The molecule has 6 nitrogen and oxygen atoms in total. The fourth-order valence-electron chi connectivity index (χ4n) is 1.54. The van der Waals surface area contributed by atoms with Gasteiger partial charge in [0.1, 0.15) is 5.82 Å². The van der Waals surface area contributed by atoms with E-state index in [0.29, 0.717) is 0 Å². The number of rotatable bonds is 0. The molecule has 0 amide bonds. The van der Waals surface area contributed by atoms with E-state index in [2.05, 4.69) is 0 Å². The molecular formula is C9H9FN2O4. The fourth-order valence-corrected chi connectivity index (χ4v) is 1.54. The number of ketones is 1. The number of Topliss-reactive ketones (excluding diaryl/α,β-unsaturated/α-hetero) is 1. The Labute approximate surface area is 89.3 Å². The van der Waals surface area contributed by atoms with Gasteiger partial charge in [-0.25, -0.2) is 9.45 Å². The Balaban J connectivity index is 2.64. The first-order valence-electron chi connectivity index (χ1n) is 4.41. The van der Waals surface area contributed by atoms with Crippen LogP contribution >= 0.6 is 0 Å². The number of hydrogen-bond donors (Lipinski definition) is 4. The second-order valence-electron chi connectivity index (χ2n) is 3.46. The smallest absolute Gasteiger partial charge is 0.198 e. The highest BCUT2D eigenvalue weighted by molar-refractivity contribution is 6.06. The number of fused-ring (bicyclic) bond motifs is 1. The van der Waals surface area contributed by atoms with Crippen LogP contribution in [0.15, 0.2) is 12.1 Å². The van der Waals surface area contributed by atoms with Gasteiger partial charge in [0.2, 0.25) is 0 Å². The summed E-state index contributed by atoms with van der Waals surface area (Å²) in [4.78, 5) is 11.5. The van der Waals surface area contributed by atoms with Crippen LogP contribution in [0, 0.1) is 5.82 Å².